The second kappa shape index (κ2) is 6.35. The number of fused-ring (bicyclic) bond motifs is 1. The van der Waals surface area contributed by atoms with E-state index in [1.807, 2.05) is 45.0 Å². The van der Waals surface area contributed by atoms with E-state index in [4.69, 9.17) is 4.74 Å². The number of rotatable bonds is 3. The number of carbonyl (C=O) groups excluding carboxylic acids is 1. The third kappa shape index (κ3) is 4.11. The van der Waals surface area contributed by atoms with Crippen molar-refractivity contribution in [2.75, 3.05) is 13.2 Å². The summed E-state index contributed by atoms with van der Waals surface area (Å²) in [4.78, 5) is 12.0. The molecule has 3 N–H and O–H groups in total. The SMILES string of the molecule is CC(C)(C)C(O)CNC(=O)NC1CCOc2ccccc21. The molecule has 1 aromatic rings. The van der Waals surface area contributed by atoms with Crippen LogP contribution < -0.4 is 15.4 Å². The summed E-state index contributed by atoms with van der Waals surface area (Å²) in [5.41, 5.74) is 0.744. The molecule has 1 aliphatic rings. The number of nitrogens with one attached hydrogen (secondary N) is 2. The third-order valence-corrected chi connectivity index (χ3v) is 3.72. The molecule has 0 aromatic heterocycles. The van der Waals surface area contributed by atoms with Crippen molar-refractivity contribution in [1.82, 2.24) is 10.6 Å². The molecule has 2 amide bonds. The van der Waals surface area contributed by atoms with Crippen LogP contribution in [0.15, 0.2) is 24.3 Å². The Morgan fingerprint density at radius 3 is 2.86 bits per heavy atom. The van der Waals surface area contributed by atoms with E-state index in [1.165, 1.54) is 0 Å². The van der Waals surface area contributed by atoms with Crippen LogP contribution in [0.4, 0.5) is 4.79 Å². The van der Waals surface area contributed by atoms with Crippen LogP contribution in [0.5, 0.6) is 5.75 Å². The van der Waals surface area contributed by atoms with Crippen molar-refractivity contribution >= 4 is 6.03 Å². The van der Waals surface area contributed by atoms with Gasteiger partial charge in [-0.15, -0.1) is 0 Å². The molecule has 0 saturated carbocycles. The van der Waals surface area contributed by atoms with E-state index in [1.54, 1.807) is 0 Å². The fourth-order valence-electron chi connectivity index (χ4n) is 2.20. The number of aliphatic hydroxyl groups excluding tert-OH is 1. The molecule has 0 spiro atoms. The van der Waals surface area contributed by atoms with E-state index < -0.39 is 6.10 Å². The maximum Gasteiger partial charge on any atom is 0.315 e. The Morgan fingerprint density at radius 2 is 2.14 bits per heavy atom. The van der Waals surface area contributed by atoms with E-state index in [-0.39, 0.29) is 24.0 Å². The van der Waals surface area contributed by atoms with Crippen LogP contribution in [0.25, 0.3) is 0 Å². The van der Waals surface area contributed by atoms with Gasteiger partial charge in [0, 0.05) is 18.5 Å². The molecular formula is C16H24N2O3. The first kappa shape index (κ1) is 15.6. The van der Waals surface area contributed by atoms with Crippen LogP contribution in [-0.4, -0.2) is 30.4 Å². The lowest BCUT2D eigenvalue weighted by atomic mass is 9.89. The highest BCUT2D eigenvalue weighted by molar-refractivity contribution is 5.74. The quantitative estimate of drug-likeness (QED) is 0.800. The van der Waals surface area contributed by atoms with Crippen molar-refractivity contribution in [3.05, 3.63) is 29.8 Å². The fourth-order valence-corrected chi connectivity index (χ4v) is 2.20. The van der Waals surface area contributed by atoms with Gasteiger partial charge in [-0.05, 0) is 11.5 Å². The summed E-state index contributed by atoms with van der Waals surface area (Å²) in [5.74, 6) is 0.823. The van der Waals surface area contributed by atoms with Gasteiger partial charge < -0.3 is 20.5 Å². The summed E-state index contributed by atoms with van der Waals surface area (Å²) in [7, 11) is 0. The molecule has 1 heterocycles. The largest absolute Gasteiger partial charge is 0.493 e. The van der Waals surface area contributed by atoms with Crippen molar-refractivity contribution in [2.24, 2.45) is 5.41 Å². The zero-order chi connectivity index (χ0) is 15.5. The zero-order valence-electron chi connectivity index (χ0n) is 12.8. The summed E-state index contributed by atoms with van der Waals surface area (Å²) in [6, 6.07) is 7.40. The molecule has 5 heteroatoms. The Hall–Kier alpha value is -1.75. The van der Waals surface area contributed by atoms with Crippen LogP contribution >= 0.6 is 0 Å². The molecule has 2 unspecified atom stereocenters. The van der Waals surface area contributed by atoms with Crippen LogP contribution in [-0.2, 0) is 0 Å². The van der Waals surface area contributed by atoms with E-state index in [0.717, 1.165) is 17.7 Å². The van der Waals surface area contributed by atoms with Gasteiger partial charge in [0.1, 0.15) is 5.75 Å². The zero-order valence-corrected chi connectivity index (χ0v) is 12.8. The number of hydrogen-bond acceptors (Lipinski definition) is 3. The molecule has 0 fully saturated rings. The molecular weight excluding hydrogens is 268 g/mol. The Bertz CT molecular complexity index is 497. The minimum Gasteiger partial charge on any atom is -0.493 e. The number of carbonyl (C=O) groups is 1. The first-order chi connectivity index (χ1) is 9.88. The van der Waals surface area contributed by atoms with Crippen molar-refractivity contribution in [1.29, 1.82) is 0 Å². The van der Waals surface area contributed by atoms with Crippen LogP contribution in [0, 0.1) is 5.41 Å². The topological polar surface area (TPSA) is 70.6 Å². The van der Waals surface area contributed by atoms with E-state index >= 15 is 0 Å². The average Bonchev–Trinajstić information content (AvgIpc) is 2.44. The molecule has 0 radical (unpaired) electrons. The summed E-state index contributed by atoms with van der Waals surface area (Å²) >= 11 is 0. The van der Waals surface area contributed by atoms with Gasteiger partial charge in [-0.2, -0.15) is 0 Å². The number of para-hydroxylation sites is 1. The van der Waals surface area contributed by atoms with Crippen molar-refractivity contribution in [3.8, 4) is 5.75 Å². The maximum absolute atomic E-state index is 12.0. The van der Waals surface area contributed by atoms with E-state index in [0.29, 0.717) is 6.61 Å². The standard InChI is InChI=1S/C16H24N2O3/c1-16(2,3)14(19)10-17-15(20)18-12-8-9-21-13-7-5-4-6-11(12)13/h4-7,12,14,19H,8-10H2,1-3H3,(H2,17,18,20). The van der Waals surface area contributed by atoms with Crippen molar-refractivity contribution in [2.45, 2.75) is 39.3 Å². The van der Waals surface area contributed by atoms with Gasteiger partial charge in [0.15, 0.2) is 0 Å². The molecule has 2 atom stereocenters. The second-order valence-electron chi connectivity index (χ2n) is 6.46. The van der Waals surface area contributed by atoms with Gasteiger partial charge in [-0.3, -0.25) is 0 Å². The number of aliphatic hydroxyl groups is 1. The van der Waals surface area contributed by atoms with Gasteiger partial charge >= 0.3 is 6.03 Å². The number of amides is 2. The first-order valence-corrected chi connectivity index (χ1v) is 7.32. The lowest BCUT2D eigenvalue weighted by molar-refractivity contribution is 0.0648. The van der Waals surface area contributed by atoms with Gasteiger partial charge in [0.05, 0.1) is 18.8 Å². The lowest BCUT2D eigenvalue weighted by Crippen LogP contribution is -2.45. The van der Waals surface area contributed by atoms with Crippen molar-refractivity contribution < 1.29 is 14.6 Å². The van der Waals surface area contributed by atoms with Gasteiger partial charge in [-0.25, -0.2) is 4.79 Å². The van der Waals surface area contributed by atoms with Gasteiger partial charge in [-0.1, -0.05) is 39.0 Å². The maximum atomic E-state index is 12.0. The normalized spacial score (nSPS) is 19.1. The molecule has 1 aromatic carbocycles. The highest BCUT2D eigenvalue weighted by Crippen LogP contribution is 2.31. The molecule has 21 heavy (non-hydrogen) atoms. The lowest BCUT2D eigenvalue weighted by Gasteiger charge is -2.28. The first-order valence-electron chi connectivity index (χ1n) is 7.32. The van der Waals surface area contributed by atoms with Crippen molar-refractivity contribution in [3.63, 3.8) is 0 Å². The smallest absolute Gasteiger partial charge is 0.315 e. The predicted octanol–water partition coefficient (Wildman–Crippen LogP) is 2.22. The molecule has 0 bridgehead atoms. The summed E-state index contributed by atoms with van der Waals surface area (Å²) in [6.45, 7) is 6.64. The van der Waals surface area contributed by atoms with Gasteiger partial charge in [0.2, 0.25) is 0 Å². The van der Waals surface area contributed by atoms with Crippen LogP contribution in [0.1, 0.15) is 38.8 Å². The Kier molecular flexibility index (Phi) is 4.73. The van der Waals surface area contributed by atoms with Crippen LogP contribution in [0.2, 0.25) is 0 Å². The highest BCUT2D eigenvalue weighted by Gasteiger charge is 2.25. The van der Waals surface area contributed by atoms with E-state index in [9.17, 15) is 9.90 Å². The average molecular weight is 292 g/mol. The molecule has 0 aliphatic carbocycles. The fraction of sp³-hybridized carbons (Fsp3) is 0.562. The Balaban J connectivity index is 1.90. The number of benzene rings is 1. The Morgan fingerprint density at radius 1 is 1.43 bits per heavy atom. The molecule has 5 nitrogen and oxygen atoms in total. The molecule has 0 saturated heterocycles. The number of urea groups is 1. The monoisotopic (exact) mass is 292 g/mol. The third-order valence-electron chi connectivity index (χ3n) is 3.72. The summed E-state index contributed by atoms with van der Waals surface area (Å²) < 4.78 is 5.57. The minimum atomic E-state index is -0.578. The number of ether oxygens (including phenoxy) is 1. The minimum absolute atomic E-state index is 0.0540. The summed E-state index contributed by atoms with van der Waals surface area (Å²) in [6.07, 6.45) is 0.164. The summed E-state index contributed by atoms with van der Waals surface area (Å²) in [5, 5.41) is 15.6. The molecule has 2 rings (SSSR count). The van der Waals surface area contributed by atoms with Gasteiger partial charge in [0.25, 0.3) is 0 Å². The highest BCUT2D eigenvalue weighted by atomic mass is 16.5. The van der Waals surface area contributed by atoms with Crippen LogP contribution in [0.3, 0.4) is 0 Å². The Labute approximate surface area is 125 Å². The second-order valence-corrected chi connectivity index (χ2v) is 6.46. The molecule has 116 valence electrons. The molecule has 1 aliphatic heterocycles. The predicted molar refractivity (Wildman–Crippen MR) is 81.3 cm³/mol. The van der Waals surface area contributed by atoms with E-state index in [2.05, 4.69) is 10.6 Å². The number of hydrogen-bond donors (Lipinski definition) is 3.